The Balaban J connectivity index is 3.25. The van der Waals surface area contributed by atoms with Gasteiger partial charge in [0, 0.05) is 17.2 Å². The van der Waals surface area contributed by atoms with Crippen LogP contribution in [0.1, 0.15) is 26.5 Å². The Morgan fingerprint density at radius 1 is 1.47 bits per heavy atom. The molecular formula is C10H14N2O3. The largest absolute Gasteiger partial charge is 0.490 e. The third-order valence-electron chi connectivity index (χ3n) is 2.03. The second-order valence-electron chi connectivity index (χ2n) is 4.25. The number of aromatic nitrogens is 1. The van der Waals surface area contributed by atoms with Crippen LogP contribution in [0.25, 0.3) is 0 Å². The first-order valence-electron chi connectivity index (χ1n) is 4.55. The fourth-order valence-electron chi connectivity index (χ4n) is 1.14. The smallest absolute Gasteiger partial charge is 0.329 e. The van der Waals surface area contributed by atoms with Crippen molar-refractivity contribution in [1.29, 1.82) is 0 Å². The molecule has 1 rings (SSSR count). The molecule has 0 bridgehead atoms. The molecule has 0 aliphatic rings. The van der Waals surface area contributed by atoms with Crippen LogP contribution in [0.3, 0.4) is 0 Å². The summed E-state index contributed by atoms with van der Waals surface area (Å²) < 4.78 is 4.96. The molecule has 1 heterocycles. The summed E-state index contributed by atoms with van der Waals surface area (Å²) >= 11 is 0. The molecule has 0 N–H and O–H groups in total. The van der Waals surface area contributed by atoms with Gasteiger partial charge in [0.1, 0.15) is 6.20 Å². The number of ether oxygens (including phenoxy) is 1. The fraction of sp³-hybridized carbons (Fsp3) is 0.500. The average Bonchev–Trinajstić information content (AvgIpc) is 2.15. The zero-order valence-corrected chi connectivity index (χ0v) is 9.27. The zero-order valence-electron chi connectivity index (χ0n) is 9.27. The van der Waals surface area contributed by atoms with Gasteiger partial charge in [0.15, 0.2) is 5.75 Å². The Morgan fingerprint density at radius 3 is 2.47 bits per heavy atom. The topological polar surface area (TPSA) is 65.3 Å². The molecule has 5 nitrogen and oxygen atoms in total. The second-order valence-corrected chi connectivity index (χ2v) is 4.25. The first-order valence-corrected chi connectivity index (χ1v) is 4.55. The lowest BCUT2D eigenvalue weighted by Gasteiger charge is -2.17. The van der Waals surface area contributed by atoms with Gasteiger partial charge in [-0.25, -0.2) is 0 Å². The van der Waals surface area contributed by atoms with E-state index in [0.29, 0.717) is 0 Å². The second kappa shape index (κ2) is 3.84. The minimum atomic E-state index is -0.502. The van der Waals surface area contributed by atoms with Gasteiger partial charge in [0.25, 0.3) is 0 Å². The minimum Gasteiger partial charge on any atom is -0.490 e. The van der Waals surface area contributed by atoms with Crippen LogP contribution in [-0.2, 0) is 5.41 Å². The summed E-state index contributed by atoms with van der Waals surface area (Å²) in [5.41, 5.74) is 0.512. The van der Waals surface area contributed by atoms with E-state index in [-0.39, 0.29) is 16.9 Å². The maximum Gasteiger partial charge on any atom is 0.329 e. The predicted octanol–water partition coefficient (Wildman–Crippen LogP) is 2.30. The third-order valence-corrected chi connectivity index (χ3v) is 2.03. The summed E-state index contributed by atoms with van der Waals surface area (Å²) in [7, 11) is 1.41. The van der Waals surface area contributed by atoms with E-state index < -0.39 is 4.92 Å². The Bertz CT molecular complexity index is 383. The maximum absolute atomic E-state index is 10.6. The molecule has 82 valence electrons. The van der Waals surface area contributed by atoms with E-state index in [2.05, 4.69) is 4.98 Å². The molecule has 15 heavy (non-hydrogen) atoms. The highest BCUT2D eigenvalue weighted by Crippen LogP contribution is 2.30. The summed E-state index contributed by atoms with van der Waals surface area (Å²) in [6, 6.07) is 1.61. The van der Waals surface area contributed by atoms with Crippen LogP contribution >= 0.6 is 0 Å². The molecule has 0 amide bonds. The van der Waals surface area contributed by atoms with E-state index in [1.54, 1.807) is 6.07 Å². The van der Waals surface area contributed by atoms with Crippen LogP contribution in [0.4, 0.5) is 5.69 Å². The quantitative estimate of drug-likeness (QED) is 0.555. The number of methoxy groups -OCH3 is 1. The number of nitrogens with zero attached hydrogens (tertiary/aromatic N) is 2. The molecule has 0 saturated carbocycles. The van der Waals surface area contributed by atoms with Crippen molar-refractivity contribution in [3.8, 4) is 5.75 Å². The van der Waals surface area contributed by atoms with Crippen LogP contribution < -0.4 is 4.74 Å². The van der Waals surface area contributed by atoms with Crippen molar-refractivity contribution in [1.82, 2.24) is 4.98 Å². The molecule has 0 aromatic carbocycles. The monoisotopic (exact) mass is 210 g/mol. The lowest BCUT2D eigenvalue weighted by molar-refractivity contribution is -0.386. The van der Waals surface area contributed by atoms with Crippen molar-refractivity contribution in [2.75, 3.05) is 7.11 Å². The van der Waals surface area contributed by atoms with Crippen molar-refractivity contribution in [2.45, 2.75) is 26.2 Å². The first kappa shape index (κ1) is 11.4. The van der Waals surface area contributed by atoms with E-state index in [0.717, 1.165) is 5.69 Å². The van der Waals surface area contributed by atoms with Crippen molar-refractivity contribution in [2.24, 2.45) is 0 Å². The summed E-state index contributed by atoms with van der Waals surface area (Å²) in [4.78, 5) is 14.2. The Hall–Kier alpha value is -1.65. The van der Waals surface area contributed by atoms with Crippen molar-refractivity contribution in [3.05, 3.63) is 28.1 Å². The normalized spacial score (nSPS) is 11.2. The van der Waals surface area contributed by atoms with E-state index in [9.17, 15) is 10.1 Å². The van der Waals surface area contributed by atoms with Gasteiger partial charge in [-0.15, -0.1) is 0 Å². The van der Waals surface area contributed by atoms with E-state index in [1.165, 1.54) is 13.3 Å². The molecule has 0 atom stereocenters. The van der Waals surface area contributed by atoms with Crippen LogP contribution in [-0.4, -0.2) is 17.0 Å². The summed E-state index contributed by atoms with van der Waals surface area (Å²) in [6.07, 6.45) is 1.24. The van der Waals surface area contributed by atoms with Gasteiger partial charge >= 0.3 is 5.69 Å². The number of pyridine rings is 1. The van der Waals surface area contributed by atoms with E-state index in [1.807, 2.05) is 20.8 Å². The molecule has 0 aliphatic heterocycles. The van der Waals surface area contributed by atoms with E-state index >= 15 is 0 Å². The minimum absolute atomic E-state index is 0.106. The molecule has 1 aromatic heterocycles. The predicted molar refractivity (Wildman–Crippen MR) is 56.1 cm³/mol. The molecule has 5 heteroatoms. The van der Waals surface area contributed by atoms with Gasteiger partial charge in [-0.1, -0.05) is 20.8 Å². The van der Waals surface area contributed by atoms with Crippen molar-refractivity contribution < 1.29 is 9.66 Å². The molecular weight excluding hydrogens is 196 g/mol. The standard InChI is InChI=1S/C10H14N2O3/c1-10(2,3)9-5-8(15-4)7(6-11-9)12(13)14/h5-6H,1-4H3. The van der Waals surface area contributed by atoms with Crippen LogP contribution in [0.15, 0.2) is 12.3 Å². The highest BCUT2D eigenvalue weighted by atomic mass is 16.6. The summed E-state index contributed by atoms with van der Waals surface area (Å²) in [5.74, 6) is 0.250. The van der Waals surface area contributed by atoms with Gasteiger partial charge < -0.3 is 4.74 Å². The summed E-state index contributed by atoms with van der Waals surface area (Å²) in [5, 5.41) is 10.6. The van der Waals surface area contributed by atoms with Crippen LogP contribution in [0, 0.1) is 10.1 Å². The van der Waals surface area contributed by atoms with Crippen LogP contribution in [0.5, 0.6) is 5.75 Å². The maximum atomic E-state index is 10.6. The fourth-order valence-corrected chi connectivity index (χ4v) is 1.14. The van der Waals surface area contributed by atoms with Gasteiger partial charge in [-0.2, -0.15) is 0 Å². The highest BCUT2D eigenvalue weighted by Gasteiger charge is 2.21. The Labute approximate surface area is 88.2 Å². The first-order chi connectivity index (χ1) is 6.86. The van der Waals surface area contributed by atoms with Crippen LogP contribution in [0.2, 0.25) is 0 Å². The average molecular weight is 210 g/mol. The number of hydrogen-bond donors (Lipinski definition) is 0. The number of rotatable bonds is 2. The zero-order chi connectivity index (χ0) is 11.6. The Kier molecular flexibility index (Phi) is 2.93. The lowest BCUT2D eigenvalue weighted by atomic mass is 9.91. The van der Waals surface area contributed by atoms with Gasteiger partial charge in [0.05, 0.1) is 12.0 Å². The molecule has 0 fully saturated rings. The molecule has 0 aliphatic carbocycles. The molecule has 0 radical (unpaired) electrons. The molecule has 1 aromatic rings. The van der Waals surface area contributed by atoms with Gasteiger partial charge in [-0.3, -0.25) is 15.1 Å². The number of nitro groups is 1. The van der Waals surface area contributed by atoms with E-state index in [4.69, 9.17) is 4.74 Å². The van der Waals surface area contributed by atoms with Crippen molar-refractivity contribution in [3.63, 3.8) is 0 Å². The summed E-state index contributed by atoms with van der Waals surface area (Å²) in [6.45, 7) is 5.96. The lowest BCUT2D eigenvalue weighted by Crippen LogP contribution is -2.13. The SMILES string of the molecule is COc1cc(C(C)(C)C)ncc1[N+](=O)[O-]. The molecule has 0 spiro atoms. The van der Waals surface area contributed by atoms with Gasteiger partial charge in [-0.05, 0) is 0 Å². The highest BCUT2D eigenvalue weighted by molar-refractivity contribution is 5.45. The third kappa shape index (κ3) is 2.43. The number of hydrogen-bond acceptors (Lipinski definition) is 4. The van der Waals surface area contributed by atoms with Gasteiger partial charge in [0.2, 0.25) is 0 Å². The molecule has 0 saturated heterocycles. The van der Waals surface area contributed by atoms with Crippen molar-refractivity contribution >= 4 is 5.69 Å². The Morgan fingerprint density at radius 2 is 2.07 bits per heavy atom. The molecule has 0 unspecified atom stereocenters.